The van der Waals surface area contributed by atoms with Crippen molar-refractivity contribution < 1.29 is 13.9 Å². The Morgan fingerprint density at radius 3 is 2.91 bits per heavy atom. The number of aromatic nitrogens is 1. The summed E-state index contributed by atoms with van der Waals surface area (Å²) in [6, 6.07) is 9.52. The molecular formula is C16H12ClFN2O2S. The molecule has 3 rings (SSSR count). The Kier molecular flexibility index (Phi) is 4.45. The lowest BCUT2D eigenvalue weighted by Crippen LogP contribution is -2.06. The van der Waals surface area contributed by atoms with Crippen LogP contribution < -0.4 is 10.1 Å². The van der Waals surface area contributed by atoms with E-state index in [0.717, 1.165) is 9.71 Å². The van der Waals surface area contributed by atoms with Gasteiger partial charge in [0.15, 0.2) is 0 Å². The Labute approximate surface area is 140 Å². The number of carbonyl (C=O) groups excluding carboxylic acids is 1. The summed E-state index contributed by atoms with van der Waals surface area (Å²) in [5.74, 6) is 0.0624. The van der Waals surface area contributed by atoms with Crippen LogP contribution in [0.5, 0.6) is 5.75 Å². The number of benzene rings is 2. The van der Waals surface area contributed by atoms with E-state index in [0.29, 0.717) is 22.0 Å². The van der Waals surface area contributed by atoms with Gasteiger partial charge in [0.25, 0.3) is 0 Å². The summed E-state index contributed by atoms with van der Waals surface area (Å²) in [5, 5.41) is 3.76. The highest BCUT2D eigenvalue weighted by Crippen LogP contribution is 2.28. The molecule has 1 amide bonds. The predicted molar refractivity (Wildman–Crippen MR) is 89.7 cm³/mol. The van der Waals surface area contributed by atoms with E-state index < -0.39 is 0 Å². The zero-order chi connectivity index (χ0) is 16.4. The Balaban J connectivity index is 1.71. The number of hydrogen-bond donors (Lipinski definition) is 1. The minimum absolute atomic E-state index is 0.192. The van der Waals surface area contributed by atoms with Crippen molar-refractivity contribution in [3.05, 3.63) is 52.2 Å². The summed E-state index contributed by atoms with van der Waals surface area (Å²) in [4.78, 5) is 15.4. The first-order valence-electron chi connectivity index (χ1n) is 6.76. The van der Waals surface area contributed by atoms with Gasteiger partial charge >= 0.3 is 0 Å². The van der Waals surface area contributed by atoms with Crippen LogP contribution >= 0.6 is 22.9 Å². The highest BCUT2D eigenvalue weighted by molar-refractivity contribution is 7.18. The van der Waals surface area contributed by atoms with Crippen molar-refractivity contribution in [1.29, 1.82) is 0 Å². The molecule has 0 aliphatic carbocycles. The van der Waals surface area contributed by atoms with E-state index in [2.05, 4.69) is 10.3 Å². The number of nitrogens with zero attached hydrogens (tertiary/aromatic N) is 1. The van der Waals surface area contributed by atoms with Crippen LogP contribution in [0.15, 0.2) is 36.4 Å². The number of hydrogen-bond acceptors (Lipinski definition) is 4. The number of nitrogens with one attached hydrogen (secondary N) is 1. The Morgan fingerprint density at radius 1 is 1.35 bits per heavy atom. The third-order valence-corrected chi connectivity index (χ3v) is 4.33. The molecule has 0 fully saturated rings. The largest absolute Gasteiger partial charge is 0.486 e. The van der Waals surface area contributed by atoms with Gasteiger partial charge in [-0.05, 0) is 24.3 Å². The van der Waals surface area contributed by atoms with Crippen LogP contribution in [0, 0.1) is 5.82 Å². The summed E-state index contributed by atoms with van der Waals surface area (Å²) in [6.07, 6.45) is 0. The van der Waals surface area contributed by atoms with Crippen molar-refractivity contribution in [1.82, 2.24) is 4.98 Å². The Morgan fingerprint density at radius 2 is 2.17 bits per heavy atom. The van der Waals surface area contributed by atoms with E-state index >= 15 is 0 Å². The molecule has 0 aliphatic heterocycles. The number of ether oxygens (including phenoxy) is 1. The van der Waals surface area contributed by atoms with Crippen molar-refractivity contribution in [2.75, 3.05) is 5.32 Å². The molecule has 0 unspecified atom stereocenters. The van der Waals surface area contributed by atoms with Crippen molar-refractivity contribution >= 4 is 44.7 Å². The monoisotopic (exact) mass is 350 g/mol. The van der Waals surface area contributed by atoms with Gasteiger partial charge in [-0.1, -0.05) is 11.6 Å². The average Bonchev–Trinajstić information content (AvgIpc) is 2.89. The molecule has 0 saturated carbocycles. The summed E-state index contributed by atoms with van der Waals surface area (Å²) < 4.78 is 19.7. The third-order valence-electron chi connectivity index (χ3n) is 3.01. The molecule has 0 saturated heterocycles. The van der Waals surface area contributed by atoms with Crippen LogP contribution in [0.1, 0.15) is 11.9 Å². The van der Waals surface area contributed by atoms with Gasteiger partial charge in [0, 0.05) is 19.1 Å². The molecule has 118 valence electrons. The van der Waals surface area contributed by atoms with Crippen molar-refractivity contribution in [3.8, 4) is 5.75 Å². The maximum Gasteiger partial charge on any atom is 0.221 e. The first-order valence-corrected chi connectivity index (χ1v) is 7.95. The topological polar surface area (TPSA) is 51.2 Å². The van der Waals surface area contributed by atoms with E-state index in [-0.39, 0.29) is 18.3 Å². The normalized spacial score (nSPS) is 10.7. The van der Waals surface area contributed by atoms with Gasteiger partial charge in [0.1, 0.15) is 23.2 Å². The van der Waals surface area contributed by atoms with E-state index in [4.69, 9.17) is 16.3 Å². The second kappa shape index (κ2) is 6.52. The molecule has 0 atom stereocenters. The van der Waals surface area contributed by atoms with Crippen LogP contribution in [-0.4, -0.2) is 10.9 Å². The molecule has 1 heterocycles. The fourth-order valence-electron chi connectivity index (χ4n) is 2.03. The Hall–Kier alpha value is -2.18. The van der Waals surface area contributed by atoms with E-state index in [9.17, 15) is 9.18 Å². The molecule has 0 radical (unpaired) electrons. The maximum absolute atomic E-state index is 13.2. The van der Waals surface area contributed by atoms with Crippen LogP contribution in [0.3, 0.4) is 0 Å². The number of carbonyl (C=O) groups is 1. The van der Waals surface area contributed by atoms with Gasteiger partial charge in [-0.15, -0.1) is 11.3 Å². The summed E-state index contributed by atoms with van der Waals surface area (Å²) in [7, 11) is 0. The maximum atomic E-state index is 13.2. The number of thiazole rings is 1. The van der Waals surface area contributed by atoms with Gasteiger partial charge in [-0.25, -0.2) is 9.37 Å². The molecule has 3 aromatic rings. The summed E-state index contributed by atoms with van der Waals surface area (Å²) in [5.41, 5.74) is 1.15. The van der Waals surface area contributed by atoms with Gasteiger partial charge in [-0.2, -0.15) is 0 Å². The first-order chi connectivity index (χ1) is 11.0. The molecule has 1 aromatic heterocycles. The number of amides is 1. The highest BCUT2D eigenvalue weighted by Gasteiger charge is 2.08. The SMILES string of the molecule is CC(=O)Nc1ccc(OCc2nc3cc(F)ccc3s2)cc1Cl. The quantitative estimate of drug-likeness (QED) is 0.746. The lowest BCUT2D eigenvalue weighted by molar-refractivity contribution is -0.114. The van der Waals surface area contributed by atoms with Gasteiger partial charge in [0.2, 0.25) is 5.91 Å². The predicted octanol–water partition coefficient (Wildman–Crippen LogP) is 4.63. The smallest absolute Gasteiger partial charge is 0.221 e. The van der Waals surface area contributed by atoms with Crippen LogP contribution in [-0.2, 0) is 11.4 Å². The fourth-order valence-corrected chi connectivity index (χ4v) is 3.11. The average molecular weight is 351 g/mol. The zero-order valence-corrected chi connectivity index (χ0v) is 13.7. The molecule has 7 heteroatoms. The van der Waals surface area contributed by atoms with Crippen LogP contribution in [0.25, 0.3) is 10.2 Å². The lowest BCUT2D eigenvalue weighted by atomic mass is 10.3. The van der Waals surface area contributed by atoms with Crippen LogP contribution in [0.4, 0.5) is 10.1 Å². The van der Waals surface area contributed by atoms with E-state index in [1.54, 1.807) is 24.3 Å². The highest BCUT2D eigenvalue weighted by atomic mass is 35.5. The standard InChI is InChI=1S/C16H12ClFN2O2S/c1-9(21)19-13-4-3-11(7-12(13)17)22-8-16-20-14-6-10(18)2-5-15(14)23-16/h2-7H,8H2,1H3,(H,19,21). The van der Waals surface area contributed by atoms with Crippen molar-refractivity contribution in [2.24, 2.45) is 0 Å². The van der Waals surface area contributed by atoms with Crippen molar-refractivity contribution in [2.45, 2.75) is 13.5 Å². The molecule has 1 N–H and O–H groups in total. The Bertz CT molecular complexity index is 882. The number of halogens is 2. The molecule has 2 aromatic carbocycles. The van der Waals surface area contributed by atoms with E-state index in [1.165, 1.54) is 30.4 Å². The molecule has 0 spiro atoms. The van der Waals surface area contributed by atoms with Gasteiger partial charge in [0.05, 0.1) is 20.9 Å². The fraction of sp³-hybridized carbons (Fsp3) is 0.125. The minimum Gasteiger partial charge on any atom is -0.486 e. The van der Waals surface area contributed by atoms with Crippen molar-refractivity contribution in [3.63, 3.8) is 0 Å². The summed E-state index contributed by atoms with van der Waals surface area (Å²) >= 11 is 7.54. The van der Waals surface area contributed by atoms with Gasteiger partial charge in [-0.3, -0.25) is 4.79 Å². The summed E-state index contributed by atoms with van der Waals surface area (Å²) in [6.45, 7) is 1.67. The number of anilines is 1. The first kappa shape index (κ1) is 15.7. The lowest BCUT2D eigenvalue weighted by Gasteiger charge is -2.08. The van der Waals surface area contributed by atoms with Gasteiger partial charge < -0.3 is 10.1 Å². The second-order valence-electron chi connectivity index (χ2n) is 4.83. The molecule has 4 nitrogen and oxygen atoms in total. The van der Waals surface area contributed by atoms with Crippen LogP contribution in [0.2, 0.25) is 5.02 Å². The zero-order valence-electron chi connectivity index (χ0n) is 12.1. The number of rotatable bonds is 4. The molecule has 0 aliphatic rings. The minimum atomic E-state index is -0.310. The van der Waals surface area contributed by atoms with E-state index in [1.807, 2.05) is 0 Å². The third kappa shape index (κ3) is 3.78. The molecule has 23 heavy (non-hydrogen) atoms. The molecule has 0 bridgehead atoms. The number of fused-ring (bicyclic) bond motifs is 1. The molecular weight excluding hydrogens is 339 g/mol. The second-order valence-corrected chi connectivity index (χ2v) is 6.35.